The Bertz CT molecular complexity index is 737. The van der Waals surface area contributed by atoms with E-state index in [-0.39, 0.29) is 0 Å². The summed E-state index contributed by atoms with van der Waals surface area (Å²) in [7, 11) is 0. The maximum absolute atomic E-state index is 10.3. The van der Waals surface area contributed by atoms with E-state index < -0.39 is 6.10 Å². The average molecular weight is 287 g/mol. The molecule has 2 heterocycles. The van der Waals surface area contributed by atoms with Gasteiger partial charge in [-0.15, -0.1) is 0 Å². The van der Waals surface area contributed by atoms with Gasteiger partial charge in [0.25, 0.3) is 0 Å². The minimum atomic E-state index is -0.554. The molecule has 1 atom stereocenters. The Morgan fingerprint density at radius 1 is 1.25 bits per heavy atom. The third-order valence-electron chi connectivity index (χ3n) is 3.37. The smallest absolute Gasteiger partial charge is 0.139 e. The minimum Gasteiger partial charge on any atom is -0.387 e. The van der Waals surface area contributed by atoms with Crippen LogP contribution in [0.1, 0.15) is 25.1 Å². The maximum Gasteiger partial charge on any atom is 0.139 e. The van der Waals surface area contributed by atoms with Crippen LogP contribution in [0.3, 0.4) is 0 Å². The summed E-state index contributed by atoms with van der Waals surface area (Å²) in [6.07, 6.45) is 1.93. The third-order valence-corrected chi connectivity index (χ3v) is 3.61. The number of aliphatic hydroxyl groups excluding tert-OH is 1. The first-order valence-electron chi connectivity index (χ1n) is 6.61. The Hall–Kier alpha value is -1.84. The number of halogens is 1. The standard InChI is InChI=1S/C16H15ClN2O/c1-2-13(20)16-15(11-6-4-3-5-7-11)18-14-10-12(17)8-9-19(14)16/h3-10,13,20H,2H2,1H3. The molecule has 3 rings (SSSR count). The van der Waals surface area contributed by atoms with Crippen LogP contribution in [0.15, 0.2) is 48.7 Å². The second-order valence-electron chi connectivity index (χ2n) is 4.71. The van der Waals surface area contributed by atoms with Crippen LogP contribution in [0.25, 0.3) is 16.9 Å². The van der Waals surface area contributed by atoms with Crippen molar-refractivity contribution in [2.75, 3.05) is 0 Å². The molecule has 0 saturated carbocycles. The van der Waals surface area contributed by atoms with Gasteiger partial charge in [0.2, 0.25) is 0 Å². The van der Waals surface area contributed by atoms with Gasteiger partial charge in [0.05, 0.1) is 17.5 Å². The fourth-order valence-corrected chi connectivity index (χ4v) is 2.51. The van der Waals surface area contributed by atoms with E-state index in [4.69, 9.17) is 11.6 Å². The highest BCUT2D eigenvalue weighted by Crippen LogP contribution is 2.31. The molecule has 0 fully saturated rings. The molecule has 0 aliphatic heterocycles. The van der Waals surface area contributed by atoms with Gasteiger partial charge >= 0.3 is 0 Å². The predicted octanol–water partition coefficient (Wildman–Crippen LogP) is 4.10. The summed E-state index contributed by atoms with van der Waals surface area (Å²) in [5, 5.41) is 11.0. The highest BCUT2D eigenvalue weighted by molar-refractivity contribution is 6.30. The second-order valence-corrected chi connectivity index (χ2v) is 5.15. The quantitative estimate of drug-likeness (QED) is 0.787. The van der Waals surface area contributed by atoms with Crippen molar-refractivity contribution in [2.45, 2.75) is 19.4 Å². The lowest BCUT2D eigenvalue weighted by Gasteiger charge is -2.10. The van der Waals surface area contributed by atoms with E-state index in [1.165, 1.54) is 0 Å². The summed E-state index contributed by atoms with van der Waals surface area (Å²) >= 11 is 6.02. The molecule has 1 N–H and O–H groups in total. The van der Waals surface area contributed by atoms with E-state index in [1.807, 2.05) is 47.9 Å². The molecule has 0 bridgehead atoms. The van der Waals surface area contributed by atoms with Gasteiger partial charge in [-0.2, -0.15) is 0 Å². The van der Waals surface area contributed by atoms with Crippen molar-refractivity contribution in [3.8, 4) is 11.3 Å². The highest BCUT2D eigenvalue weighted by atomic mass is 35.5. The number of nitrogens with zero attached hydrogens (tertiary/aromatic N) is 2. The van der Waals surface area contributed by atoms with Crippen molar-refractivity contribution >= 4 is 17.2 Å². The number of benzene rings is 1. The topological polar surface area (TPSA) is 37.5 Å². The van der Waals surface area contributed by atoms with Gasteiger partial charge in [0.15, 0.2) is 0 Å². The van der Waals surface area contributed by atoms with Gasteiger partial charge < -0.3 is 9.51 Å². The molecule has 1 unspecified atom stereocenters. The van der Waals surface area contributed by atoms with Gasteiger partial charge in [-0.25, -0.2) is 4.98 Å². The zero-order valence-electron chi connectivity index (χ0n) is 11.1. The Morgan fingerprint density at radius 2 is 2.00 bits per heavy atom. The third kappa shape index (κ3) is 2.19. The molecule has 0 aliphatic rings. The van der Waals surface area contributed by atoms with Crippen LogP contribution in [0.4, 0.5) is 0 Å². The zero-order valence-corrected chi connectivity index (χ0v) is 11.9. The summed E-state index contributed by atoms with van der Waals surface area (Å²) in [6.45, 7) is 1.95. The van der Waals surface area contributed by atoms with Crippen LogP contribution in [0.5, 0.6) is 0 Å². The Morgan fingerprint density at radius 3 is 2.70 bits per heavy atom. The molecular weight excluding hydrogens is 272 g/mol. The van der Waals surface area contributed by atoms with Crippen molar-refractivity contribution in [2.24, 2.45) is 0 Å². The van der Waals surface area contributed by atoms with Gasteiger partial charge in [0, 0.05) is 22.8 Å². The largest absolute Gasteiger partial charge is 0.387 e. The molecule has 102 valence electrons. The molecule has 0 saturated heterocycles. The molecule has 0 aliphatic carbocycles. The van der Waals surface area contributed by atoms with E-state index in [9.17, 15) is 5.11 Å². The number of aliphatic hydroxyl groups is 1. The highest BCUT2D eigenvalue weighted by Gasteiger charge is 2.19. The Balaban J connectivity index is 2.30. The van der Waals surface area contributed by atoms with Crippen LogP contribution < -0.4 is 0 Å². The molecule has 3 nitrogen and oxygen atoms in total. The van der Waals surface area contributed by atoms with Crippen molar-refractivity contribution < 1.29 is 5.11 Å². The van der Waals surface area contributed by atoms with E-state index in [0.29, 0.717) is 11.4 Å². The lowest BCUT2D eigenvalue weighted by atomic mass is 10.1. The Labute approximate surface area is 122 Å². The molecule has 2 aromatic heterocycles. The lowest BCUT2D eigenvalue weighted by Crippen LogP contribution is -2.02. The Kier molecular flexibility index (Phi) is 3.47. The number of fused-ring (bicyclic) bond motifs is 1. The van der Waals surface area contributed by atoms with Crippen molar-refractivity contribution in [1.29, 1.82) is 0 Å². The summed E-state index contributed by atoms with van der Waals surface area (Å²) in [5.74, 6) is 0. The summed E-state index contributed by atoms with van der Waals surface area (Å²) in [5.41, 5.74) is 3.36. The van der Waals surface area contributed by atoms with E-state index >= 15 is 0 Å². The molecule has 0 radical (unpaired) electrons. The van der Waals surface area contributed by atoms with E-state index in [1.54, 1.807) is 12.1 Å². The van der Waals surface area contributed by atoms with Gasteiger partial charge in [0.1, 0.15) is 5.65 Å². The molecule has 0 amide bonds. The SMILES string of the molecule is CCC(O)c1c(-c2ccccc2)nc2cc(Cl)ccn12. The van der Waals surface area contributed by atoms with Crippen LogP contribution in [-0.4, -0.2) is 14.5 Å². The van der Waals surface area contributed by atoms with Crippen LogP contribution >= 0.6 is 11.6 Å². The monoisotopic (exact) mass is 286 g/mol. The first-order chi connectivity index (χ1) is 9.70. The number of aromatic nitrogens is 2. The van der Waals surface area contributed by atoms with Gasteiger partial charge in [-0.3, -0.25) is 0 Å². The minimum absolute atomic E-state index is 0.554. The average Bonchev–Trinajstić information content (AvgIpc) is 2.85. The van der Waals surface area contributed by atoms with Crippen molar-refractivity contribution in [3.05, 3.63) is 59.4 Å². The van der Waals surface area contributed by atoms with Crippen LogP contribution in [0.2, 0.25) is 5.02 Å². The number of hydrogen-bond donors (Lipinski definition) is 1. The van der Waals surface area contributed by atoms with Gasteiger partial charge in [-0.1, -0.05) is 48.9 Å². The molecule has 0 spiro atoms. The lowest BCUT2D eigenvalue weighted by molar-refractivity contribution is 0.168. The molecular formula is C16H15ClN2O. The van der Waals surface area contributed by atoms with Crippen LogP contribution in [0, 0.1) is 0 Å². The number of imidazole rings is 1. The maximum atomic E-state index is 10.3. The summed E-state index contributed by atoms with van der Waals surface area (Å²) in [4.78, 5) is 4.63. The number of hydrogen-bond acceptors (Lipinski definition) is 2. The summed E-state index contributed by atoms with van der Waals surface area (Å²) < 4.78 is 1.91. The van der Waals surface area contributed by atoms with E-state index in [2.05, 4.69) is 4.98 Å². The predicted molar refractivity (Wildman–Crippen MR) is 80.9 cm³/mol. The number of pyridine rings is 1. The first-order valence-corrected chi connectivity index (χ1v) is 6.99. The number of rotatable bonds is 3. The first kappa shape index (κ1) is 13.2. The molecule has 3 aromatic rings. The van der Waals surface area contributed by atoms with Gasteiger partial charge in [-0.05, 0) is 12.5 Å². The van der Waals surface area contributed by atoms with Crippen molar-refractivity contribution in [1.82, 2.24) is 9.38 Å². The molecule has 1 aromatic carbocycles. The molecule has 4 heteroatoms. The fraction of sp³-hybridized carbons (Fsp3) is 0.188. The molecule has 20 heavy (non-hydrogen) atoms. The normalized spacial score (nSPS) is 12.8. The van der Waals surface area contributed by atoms with Crippen LogP contribution in [-0.2, 0) is 0 Å². The van der Waals surface area contributed by atoms with Crippen molar-refractivity contribution in [3.63, 3.8) is 0 Å². The zero-order chi connectivity index (χ0) is 14.1. The summed E-state index contributed by atoms with van der Waals surface area (Å²) in [6, 6.07) is 13.5. The fourth-order valence-electron chi connectivity index (χ4n) is 2.36. The second kappa shape index (κ2) is 5.27. The van der Waals surface area contributed by atoms with E-state index in [0.717, 1.165) is 22.6 Å².